The molecule has 0 radical (unpaired) electrons. The molecule has 8 heteroatoms. The summed E-state index contributed by atoms with van der Waals surface area (Å²) in [6.07, 6.45) is 4.83. The van der Waals surface area contributed by atoms with Crippen molar-refractivity contribution in [1.82, 2.24) is 20.2 Å². The van der Waals surface area contributed by atoms with Crippen LogP contribution in [0.4, 0.5) is 5.69 Å². The molecule has 1 amide bonds. The Hall–Kier alpha value is -2.90. The molecule has 0 bridgehead atoms. The number of benzene rings is 1. The summed E-state index contributed by atoms with van der Waals surface area (Å²) < 4.78 is 5.51. The third-order valence-electron chi connectivity index (χ3n) is 4.86. The van der Waals surface area contributed by atoms with Crippen LogP contribution in [-0.4, -0.2) is 47.0 Å². The standard InChI is InChI=1S/C21H22ClN5O2/c22-17-4-1-5-18(11-17)27-9-7-26(8-10-27)14-20-25-19(15-29-20)21(28)24-13-16-3-2-6-23-12-16/h1-6,11-12,15H,7-10,13-14H2,(H,24,28). The molecule has 1 aliphatic rings. The van der Waals surface area contributed by atoms with Crippen molar-refractivity contribution in [3.05, 3.63) is 77.2 Å². The fourth-order valence-corrected chi connectivity index (χ4v) is 3.48. The number of nitrogens with zero attached hydrogens (tertiary/aromatic N) is 4. The van der Waals surface area contributed by atoms with Crippen molar-refractivity contribution in [2.24, 2.45) is 0 Å². The number of carbonyl (C=O) groups is 1. The van der Waals surface area contributed by atoms with Crippen LogP contribution in [0.1, 0.15) is 21.9 Å². The molecule has 0 aliphatic carbocycles. The fourth-order valence-electron chi connectivity index (χ4n) is 3.29. The number of nitrogens with one attached hydrogen (secondary N) is 1. The second-order valence-electron chi connectivity index (χ2n) is 6.91. The van der Waals surface area contributed by atoms with Crippen LogP contribution in [0.2, 0.25) is 5.02 Å². The monoisotopic (exact) mass is 411 g/mol. The third kappa shape index (κ3) is 5.13. The van der Waals surface area contributed by atoms with Gasteiger partial charge in [-0.1, -0.05) is 23.7 Å². The second kappa shape index (κ2) is 9.07. The summed E-state index contributed by atoms with van der Waals surface area (Å²) in [5.41, 5.74) is 2.37. The first kappa shape index (κ1) is 19.4. The number of carbonyl (C=O) groups excluding carboxylic acids is 1. The van der Waals surface area contributed by atoms with Crippen molar-refractivity contribution in [3.8, 4) is 0 Å². The van der Waals surface area contributed by atoms with Crippen molar-refractivity contribution >= 4 is 23.2 Å². The lowest BCUT2D eigenvalue weighted by molar-refractivity contribution is 0.0945. The van der Waals surface area contributed by atoms with E-state index in [9.17, 15) is 4.79 Å². The normalized spacial score (nSPS) is 14.7. The number of piperazine rings is 1. The number of halogens is 1. The molecule has 2 aromatic heterocycles. The number of aromatic nitrogens is 2. The highest BCUT2D eigenvalue weighted by molar-refractivity contribution is 6.30. The van der Waals surface area contributed by atoms with E-state index < -0.39 is 0 Å². The maximum absolute atomic E-state index is 12.3. The van der Waals surface area contributed by atoms with Crippen molar-refractivity contribution < 1.29 is 9.21 Å². The Morgan fingerprint density at radius 1 is 1.17 bits per heavy atom. The number of amides is 1. The first-order valence-electron chi connectivity index (χ1n) is 9.52. The molecule has 4 rings (SSSR count). The van der Waals surface area contributed by atoms with Crippen LogP contribution < -0.4 is 10.2 Å². The Morgan fingerprint density at radius 2 is 2.03 bits per heavy atom. The molecule has 0 atom stereocenters. The Morgan fingerprint density at radius 3 is 2.79 bits per heavy atom. The van der Waals surface area contributed by atoms with E-state index in [0.717, 1.165) is 42.5 Å². The van der Waals surface area contributed by atoms with Crippen molar-refractivity contribution in [3.63, 3.8) is 0 Å². The van der Waals surface area contributed by atoms with Crippen molar-refractivity contribution in [2.45, 2.75) is 13.1 Å². The van der Waals surface area contributed by atoms with Crippen molar-refractivity contribution in [2.75, 3.05) is 31.1 Å². The maximum Gasteiger partial charge on any atom is 0.273 e. The molecule has 3 heterocycles. The van der Waals surface area contributed by atoms with Crippen LogP contribution in [0.5, 0.6) is 0 Å². The smallest absolute Gasteiger partial charge is 0.273 e. The number of hydrogen-bond donors (Lipinski definition) is 1. The number of hydrogen-bond acceptors (Lipinski definition) is 6. The molecule has 3 aromatic rings. The van der Waals surface area contributed by atoms with E-state index in [0.29, 0.717) is 24.7 Å². The van der Waals surface area contributed by atoms with Gasteiger partial charge in [0.25, 0.3) is 5.91 Å². The Balaban J connectivity index is 1.27. The van der Waals surface area contributed by atoms with Crippen molar-refractivity contribution in [1.29, 1.82) is 0 Å². The summed E-state index contributed by atoms with van der Waals surface area (Å²) in [4.78, 5) is 25.2. The molecular formula is C21H22ClN5O2. The molecule has 7 nitrogen and oxygen atoms in total. The molecule has 1 aromatic carbocycles. The fraction of sp³-hybridized carbons (Fsp3) is 0.286. The molecule has 1 aliphatic heterocycles. The topological polar surface area (TPSA) is 74.5 Å². The van der Waals surface area contributed by atoms with E-state index in [1.807, 2.05) is 30.3 Å². The minimum atomic E-state index is -0.255. The Labute approximate surface area is 174 Å². The third-order valence-corrected chi connectivity index (χ3v) is 5.10. The van der Waals surface area contributed by atoms with Gasteiger partial charge in [0.1, 0.15) is 6.26 Å². The van der Waals surface area contributed by atoms with Crippen LogP contribution in [0.3, 0.4) is 0 Å². The lowest BCUT2D eigenvalue weighted by Gasteiger charge is -2.35. The van der Waals surface area contributed by atoms with Gasteiger partial charge in [0.05, 0.1) is 6.54 Å². The molecular weight excluding hydrogens is 390 g/mol. The van der Waals surface area contributed by atoms with E-state index in [1.165, 1.54) is 6.26 Å². The number of anilines is 1. The van der Waals surface area contributed by atoms with Crippen LogP contribution in [0.15, 0.2) is 59.5 Å². The predicted molar refractivity (Wildman–Crippen MR) is 111 cm³/mol. The first-order valence-corrected chi connectivity index (χ1v) is 9.89. The van der Waals surface area contributed by atoms with Gasteiger partial charge >= 0.3 is 0 Å². The predicted octanol–water partition coefficient (Wildman–Crippen LogP) is 2.98. The minimum Gasteiger partial charge on any atom is -0.447 e. The van der Waals surface area contributed by atoms with Gasteiger partial charge in [-0.05, 0) is 29.8 Å². The van der Waals surface area contributed by atoms with E-state index in [2.05, 4.69) is 31.2 Å². The molecule has 1 saturated heterocycles. The second-order valence-corrected chi connectivity index (χ2v) is 7.35. The minimum absolute atomic E-state index is 0.255. The highest BCUT2D eigenvalue weighted by atomic mass is 35.5. The molecule has 0 spiro atoms. The number of rotatable bonds is 6. The summed E-state index contributed by atoms with van der Waals surface area (Å²) in [7, 11) is 0. The zero-order chi connectivity index (χ0) is 20.1. The lowest BCUT2D eigenvalue weighted by Crippen LogP contribution is -2.46. The first-order chi connectivity index (χ1) is 14.2. The van der Waals surface area contributed by atoms with E-state index >= 15 is 0 Å². The molecule has 1 fully saturated rings. The molecule has 0 saturated carbocycles. The van der Waals surface area contributed by atoms with Gasteiger partial charge in [-0.2, -0.15) is 0 Å². The quantitative estimate of drug-likeness (QED) is 0.672. The zero-order valence-corrected chi connectivity index (χ0v) is 16.7. The van der Waals surface area contributed by atoms with Gasteiger partial charge in [-0.15, -0.1) is 0 Å². The number of pyridine rings is 1. The van der Waals surface area contributed by atoms with Gasteiger partial charge in [0.15, 0.2) is 5.69 Å². The average molecular weight is 412 g/mol. The summed E-state index contributed by atoms with van der Waals surface area (Å²) in [5, 5.41) is 3.58. The summed E-state index contributed by atoms with van der Waals surface area (Å²) >= 11 is 6.09. The Bertz CT molecular complexity index is 954. The summed E-state index contributed by atoms with van der Waals surface area (Å²) in [5.74, 6) is 0.294. The summed E-state index contributed by atoms with van der Waals surface area (Å²) in [6.45, 7) is 4.56. The molecule has 0 unspecified atom stereocenters. The van der Waals surface area contributed by atoms with Gasteiger partial charge in [0, 0.05) is 55.8 Å². The Kier molecular flexibility index (Phi) is 6.07. The van der Waals surface area contributed by atoms with E-state index in [-0.39, 0.29) is 5.91 Å². The largest absolute Gasteiger partial charge is 0.447 e. The van der Waals surface area contributed by atoms with Gasteiger partial charge in [-0.25, -0.2) is 4.98 Å². The van der Waals surface area contributed by atoms with E-state index in [1.54, 1.807) is 12.4 Å². The van der Waals surface area contributed by atoms with Crippen LogP contribution >= 0.6 is 11.6 Å². The van der Waals surface area contributed by atoms with Crippen LogP contribution in [0, 0.1) is 0 Å². The van der Waals surface area contributed by atoms with Gasteiger partial charge < -0.3 is 14.6 Å². The highest BCUT2D eigenvalue weighted by Gasteiger charge is 2.20. The maximum atomic E-state index is 12.3. The summed E-state index contributed by atoms with van der Waals surface area (Å²) in [6, 6.07) is 11.7. The molecule has 1 N–H and O–H groups in total. The highest BCUT2D eigenvalue weighted by Crippen LogP contribution is 2.21. The molecule has 29 heavy (non-hydrogen) atoms. The van der Waals surface area contributed by atoms with Crippen LogP contribution in [0.25, 0.3) is 0 Å². The van der Waals surface area contributed by atoms with Gasteiger partial charge in [0.2, 0.25) is 5.89 Å². The van der Waals surface area contributed by atoms with Gasteiger partial charge in [-0.3, -0.25) is 14.7 Å². The lowest BCUT2D eigenvalue weighted by atomic mass is 10.2. The van der Waals surface area contributed by atoms with E-state index in [4.69, 9.17) is 16.0 Å². The zero-order valence-electron chi connectivity index (χ0n) is 15.9. The average Bonchev–Trinajstić information content (AvgIpc) is 3.22. The SMILES string of the molecule is O=C(NCc1cccnc1)c1coc(CN2CCN(c3cccc(Cl)c3)CC2)n1. The molecule has 150 valence electrons. The van der Waals surface area contributed by atoms with Crippen LogP contribution in [-0.2, 0) is 13.1 Å². The number of oxazole rings is 1.